The lowest BCUT2D eigenvalue weighted by Crippen LogP contribution is -2.18. The van der Waals surface area contributed by atoms with Crippen molar-refractivity contribution >= 4 is 5.97 Å². The molecular weight excluding hydrogens is 212 g/mol. The molecule has 1 saturated carbocycles. The summed E-state index contributed by atoms with van der Waals surface area (Å²) in [6.07, 6.45) is 4.65. The van der Waals surface area contributed by atoms with E-state index in [0.29, 0.717) is 11.5 Å². The fourth-order valence-corrected chi connectivity index (χ4v) is 3.88. The fourth-order valence-electron chi connectivity index (χ4n) is 3.88. The number of esters is 1. The Balaban J connectivity index is 1.96. The largest absolute Gasteiger partial charge is 0.458 e. The first-order valence-corrected chi connectivity index (χ1v) is 6.66. The second-order valence-electron chi connectivity index (χ2n) is 5.94. The van der Waals surface area contributed by atoms with Crippen LogP contribution in [0.3, 0.4) is 0 Å². The first-order chi connectivity index (χ1) is 8.08. The van der Waals surface area contributed by atoms with Gasteiger partial charge in [-0.25, -0.2) is 4.79 Å². The normalized spacial score (nSPS) is 41.1. The highest BCUT2D eigenvalue weighted by molar-refractivity contribution is 5.90. The lowest BCUT2D eigenvalue weighted by Gasteiger charge is -2.20. The van der Waals surface area contributed by atoms with Crippen molar-refractivity contribution in [1.82, 2.24) is 0 Å². The van der Waals surface area contributed by atoms with Crippen LogP contribution in [-0.4, -0.2) is 12.1 Å². The molecule has 0 spiro atoms. The number of fused-ring (bicyclic) bond motifs is 2. The van der Waals surface area contributed by atoms with Gasteiger partial charge in [0, 0.05) is 11.5 Å². The standard InChI is InChI=1S/C15H20O2/c1-8-4-5-11-9(2)6-14-13(7-12(8)11)10(3)15(16)17-14/h9,11,13-14H,3-7H2,1-2H3/t9-,11-,13+,14+/m0/s1. The highest BCUT2D eigenvalue weighted by Gasteiger charge is 2.45. The van der Waals surface area contributed by atoms with Crippen molar-refractivity contribution < 1.29 is 9.53 Å². The summed E-state index contributed by atoms with van der Waals surface area (Å²) in [7, 11) is 0. The summed E-state index contributed by atoms with van der Waals surface area (Å²) in [5, 5.41) is 0. The Bertz CT molecular complexity index is 419. The molecule has 4 atom stereocenters. The second-order valence-corrected chi connectivity index (χ2v) is 5.94. The number of rotatable bonds is 0. The zero-order valence-electron chi connectivity index (χ0n) is 10.7. The molecule has 0 radical (unpaired) electrons. The van der Waals surface area contributed by atoms with Crippen molar-refractivity contribution in [3.05, 3.63) is 23.3 Å². The monoisotopic (exact) mass is 232 g/mol. The van der Waals surface area contributed by atoms with E-state index >= 15 is 0 Å². The quantitative estimate of drug-likeness (QED) is 0.364. The molecule has 1 saturated heterocycles. The van der Waals surface area contributed by atoms with E-state index in [1.165, 1.54) is 12.8 Å². The summed E-state index contributed by atoms with van der Waals surface area (Å²) in [5.41, 5.74) is 3.86. The van der Waals surface area contributed by atoms with Crippen LogP contribution in [0.25, 0.3) is 0 Å². The smallest absolute Gasteiger partial charge is 0.334 e. The molecule has 3 aliphatic rings. The average Bonchev–Trinajstić information content (AvgIpc) is 2.71. The highest BCUT2D eigenvalue weighted by Crippen LogP contribution is 2.48. The van der Waals surface area contributed by atoms with Crippen molar-refractivity contribution in [3.8, 4) is 0 Å². The van der Waals surface area contributed by atoms with Gasteiger partial charge in [0.15, 0.2) is 0 Å². The molecule has 1 aliphatic heterocycles. The summed E-state index contributed by atoms with van der Waals surface area (Å²) in [6, 6.07) is 0. The maximum atomic E-state index is 11.6. The molecule has 0 unspecified atom stereocenters. The van der Waals surface area contributed by atoms with Gasteiger partial charge in [0.2, 0.25) is 0 Å². The van der Waals surface area contributed by atoms with E-state index in [1.807, 2.05) is 0 Å². The van der Waals surface area contributed by atoms with E-state index in [-0.39, 0.29) is 18.0 Å². The third kappa shape index (κ3) is 1.57. The zero-order chi connectivity index (χ0) is 12.2. The lowest BCUT2D eigenvalue weighted by molar-refractivity contribution is -0.139. The van der Waals surface area contributed by atoms with Crippen molar-refractivity contribution in [1.29, 1.82) is 0 Å². The molecule has 0 bridgehead atoms. The number of carbonyl (C=O) groups is 1. The van der Waals surface area contributed by atoms with E-state index in [1.54, 1.807) is 11.1 Å². The minimum atomic E-state index is -0.165. The van der Waals surface area contributed by atoms with Crippen LogP contribution >= 0.6 is 0 Å². The Labute approximate surface area is 103 Å². The molecule has 0 N–H and O–H groups in total. The van der Waals surface area contributed by atoms with Gasteiger partial charge in [-0.1, -0.05) is 24.6 Å². The van der Waals surface area contributed by atoms with Crippen LogP contribution in [0.5, 0.6) is 0 Å². The molecule has 0 aromatic rings. The van der Waals surface area contributed by atoms with Gasteiger partial charge in [0.1, 0.15) is 6.10 Å². The van der Waals surface area contributed by atoms with Gasteiger partial charge >= 0.3 is 5.97 Å². The highest BCUT2D eigenvalue weighted by atomic mass is 16.6. The van der Waals surface area contributed by atoms with Crippen molar-refractivity contribution in [3.63, 3.8) is 0 Å². The SMILES string of the molecule is C=C1C(=O)O[C@@H]2C[C@H](C)[C@@H]3CCC(C)=C3C[C@H]12. The summed E-state index contributed by atoms with van der Waals surface area (Å²) in [4.78, 5) is 11.6. The van der Waals surface area contributed by atoms with E-state index in [9.17, 15) is 4.79 Å². The third-order valence-electron chi connectivity index (χ3n) is 4.97. The van der Waals surface area contributed by atoms with Gasteiger partial charge in [-0.3, -0.25) is 0 Å². The van der Waals surface area contributed by atoms with Gasteiger partial charge in [0.05, 0.1) is 0 Å². The molecule has 0 aromatic carbocycles. The van der Waals surface area contributed by atoms with Crippen LogP contribution in [0, 0.1) is 17.8 Å². The van der Waals surface area contributed by atoms with E-state index in [0.717, 1.165) is 18.8 Å². The van der Waals surface area contributed by atoms with E-state index in [4.69, 9.17) is 4.74 Å². The van der Waals surface area contributed by atoms with Crippen LogP contribution in [0.1, 0.15) is 39.5 Å². The summed E-state index contributed by atoms with van der Waals surface area (Å²) < 4.78 is 5.47. The van der Waals surface area contributed by atoms with Crippen molar-refractivity contribution in [2.45, 2.75) is 45.6 Å². The molecule has 2 heteroatoms. The topological polar surface area (TPSA) is 26.3 Å². The van der Waals surface area contributed by atoms with Crippen molar-refractivity contribution in [2.75, 3.05) is 0 Å². The molecule has 2 fully saturated rings. The number of carbonyl (C=O) groups excluding carboxylic acids is 1. The third-order valence-corrected chi connectivity index (χ3v) is 4.97. The van der Waals surface area contributed by atoms with Gasteiger partial charge in [-0.05, 0) is 44.4 Å². The maximum Gasteiger partial charge on any atom is 0.334 e. The molecule has 92 valence electrons. The molecule has 0 aromatic heterocycles. The van der Waals surface area contributed by atoms with Gasteiger partial charge < -0.3 is 4.74 Å². The summed E-state index contributed by atoms with van der Waals surface area (Å²) >= 11 is 0. The average molecular weight is 232 g/mol. The van der Waals surface area contributed by atoms with Gasteiger partial charge in [-0.15, -0.1) is 0 Å². The predicted molar refractivity (Wildman–Crippen MR) is 66.3 cm³/mol. The molecule has 1 heterocycles. The zero-order valence-corrected chi connectivity index (χ0v) is 10.7. The molecule has 2 nitrogen and oxygen atoms in total. The van der Waals surface area contributed by atoms with E-state index < -0.39 is 0 Å². The Morgan fingerprint density at radius 3 is 2.88 bits per heavy atom. The molecular formula is C15H20O2. The molecule has 0 amide bonds. The lowest BCUT2D eigenvalue weighted by atomic mass is 9.86. The summed E-state index contributed by atoms with van der Waals surface area (Å²) in [5.74, 6) is 1.45. The maximum absolute atomic E-state index is 11.6. The first-order valence-electron chi connectivity index (χ1n) is 6.66. The van der Waals surface area contributed by atoms with Crippen LogP contribution in [0.4, 0.5) is 0 Å². The Morgan fingerprint density at radius 2 is 2.12 bits per heavy atom. The Morgan fingerprint density at radius 1 is 1.35 bits per heavy atom. The van der Waals surface area contributed by atoms with Crippen LogP contribution in [0.2, 0.25) is 0 Å². The fraction of sp³-hybridized carbons (Fsp3) is 0.667. The number of hydrogen-bond acceptors (Lipinski definition) is 2. The van der Waals surface area contributed by atoms with Gasteiger partial charge in [-0.2, -0.15) is 0 Å². The minimum absolute atomic E-state index is 0.0934. The predicted octanol–water partition coefficient (Wildman–Crippen LogP) is 3.24. The second kappa shape index (κ2) is 3.72. The molecule has 17 heavy (non-hydrogen) atoms. The first kappa shape index (κ1) is 11.1. The summed E-state index contributed by atoms with van der Waals surface area (Å²) in [6.45, 7) is 8.49. The van der Waals surface area contributed by atoms with Gasteiger partial charge in [0.25, 0.3) is 0 Å². The number of allylic oxidation sites excluding steroid dienone is 2. The Hall–Kier alpha value is -1.05. The minimum Gasteiger partial charge on any atom is -0.458 e. The molecule has 3 rings (SSSR count). The van der Waals surface area contributed by atoms with E-state index in [2.05, 4.69) is 20.4 Å². The van der Waals surface area contributed by atoms with Crippen LogP contribution in [-0.2, 0) is 9.53 Å². The number of hydrogen-bond donors (Lipinski definition) is 0. The molecule has 2 aliphatic carbocycles. The van der Waals surface area contributed by atoms with Crippen LogP contribution in [0.15, 0.2) is 23.3 Å². The Kier molecular flexibility index (Phi) is 2.42. The van der Waals surface area contributed by atoms with Crippen LogP contribution < -0.4 is 0 Å². The van der Waals surface area contributed by atoms with Crippen molar-refractivity contribution in [2.24, 2.45) is 17.8 Å². The number of ether oxygens (including phenoxy) is 1.